The van der Waals surface area contributed by atoms with Gasteiger partial charge in [-0.1, -0.05) is 0 Å². The molecule has 4 N–H and O–H groups in total. The predicted molar refractivity (Wildman–Crippen MR) is 63.7 cm³/mol. The monoisotopic (exact) mass is 268 g/mol. The van der Waals surface area contributed by atoms with E-state index in [4.69, 9.17) is 16.1 Å². The van der Waals surface area contributed by atoms with Gasteiger partial charge in [0.1, 0.15) is 6.04 Å². The lowest BCUT2D eigenvalue weighted by molar-refractivity contribution is -0.141. The summed E-state index contributed by atoms with van der Waals surface area (Å²) < 4.78 is 0. The summed E-state index contributed by atoms with van der Waals surface area (Å²) in [6.07, 6.45) is 1.40. The van der Waals surface area contributed by atoms with Gasteiger partial charge in [-0.25, -0.2) is 9.59 Å². The number of amides is 3. The standard InChI is InChI=1S/C11H16N4O4/c12-4-1-5-15(7-2-3-7)11(19)14-8(10(17)18)6-9(13)16/h7-8H,1-3,5-6H2,(H2,13,16)(H,14,19)(H,17,18)/t8-/m0/s1. The molecule has 0 unspecified atom stereocenters. The molecule has 1 aliphatic rings. The topological polar surface area (TPSA) is 137 Å². The number of nitrogens with zero attached hydrogens (tertiary/aromatic N) is 2. The molecule has 1 atom stereocenters. The van der Waals surface area contributed by atoms with Crippen molar-refractivity contribution in [2.45, 2.75) is 37.8 Å². The average molecular weight is 268 g/mol. The van der Waals surface area contributed by atoms with Crippen molar-refractivity contribution in [1.82, 2.24) is 10.2 Å². The van der Waals surface area contributed by atoms with Crippen molar-refractivity contribution in [3.63, 3.8) is 0 Å². The molecule has 1 aliphatic carbocycles. The van der Waals surface area contributed by atoms with Gasteiger partial charge in [-0.05, 0) is 12.8 Å². The minimum absolute atomic E-state index is 0.0522. The third kappa shape index (κ3) is 4.83. The molecule has 1 saturated carbocycles. The van der Waals surface area contributed by atoms with Crippen LogP contribution in [0.1, 0.15) is 25.7 Å². The van der Waals surface area contributed by atoms with E-state index in [9.17, 15) is 14.4 Å². The van der Waals surface area contributed by atoms with E-state index in [2.05, 4.69) is 5.32 Å². The number of hydrogen-bond acceptors (Lipinski definition) is 4. The number of nitrogens with one attached hydrogen (secondary N) is 1. The van der Waals surface area contributed by atoms with Crippen molar-refractivity contribution in [2.24, 2.45) is 5.73 Å². The zero-order valence-electron chi connectivity index (χ0n) is 10.3. The quantitative estimate of drug-likeness (QED) is 0.566. The Morgan fingerprint density at radius 1 is 1.47 bits per heavy atom. The Hall–Kier alpha value is -2.30. The van der Waals surface area contributed by atoms with Gasteiger partial charge >= 0.3 is 12.0 Å². The van der Waals surface area contributed by atoms with Crippen molar-refractivity contribution in [3.8, 4) is 6.07 Å². The van der Waals surface area contributed by atoms with Gasteiger partial charge in [0.25, 0.3) is 0 Å². The summed E-state index contributed by atoms with van der Waals surface area (Å²) in [6.45, 7) is 0.246. The summed E-state index contributed by atoms with van der Waals surface area (Å²) in [7, 11) is 0. The van der Waals surface area contributed by atoms with Gasteiger partial charge in [0.05, 0.1) is 18.9 Å². The van der Waals surface area contributed by atoms with Crippen LogP contribution in [0.4, 0.5) is 4.79 Å². The van der Waals surface area contributed by atoms with E-state index < -0.39 is 30.4 Å². The van der Waals surface area contributed by atoms with Crippen LogP contribution in [-0.2, 0) is 9.59 Å². The average Bonchev–Trinajstić information content (AvgIpc) is 3.12. The molecule has 0 aromatic heterocycles. The van der Waals surface area contributed by atoms with Gasteiger partial charge in [-0.3, -0.25) is 4.79 Å². The van der Waals surface area contributed by atoms with E-state index >= 15 is 0 Å². The lowest BCUT2D eigenvalue weighted by atomic mass is 10.2. The molecule has 0 spiro atoms. The largest absolute Gasteiger partial charge is 0.480 e. The summed E-state index contributed by atoms with van der Waals surface area (Å²) in [5, 5.41) is 19.7. The highest BCUT2D eigenvalue weighted by Gasteiger charge is 2.34. The van der Waals surface area contributed by atoms with Crippen LogP contribution in [0, 0.1) is 11.3 Å². The molecule has 19 heavy (non-hydrogen) atoms. The highest BCUT2D eigenvalue weighted by Crippen LogP contribution is 2.26. The van der Waals surface area contributed by atoms with Crippen LogP contribution in [0.3, 0.4) is 0 Å². The minimum atomic E-state index is -1.34. The fourth-order valence-corrected chi connectivity index (χ4v) is 1.64. The number of carboxylic acid groups (broad SMARTS) is 1. The van der Waals surface area contributed by atoms with Crippen LogP contribution >= 0.6 is 0 Å². The number of aliphatic carboxylic acids is 1. The second-order valence-electron chi connectivity index (χ2n) is 4.34. The molecule has 8 heteroatoms. The normalized spacial score (nSPS) is 15.1. The van der Waals surface area contributed by atoms with E-state index in [0.717, 1.165) is 12.8 Å². The molecular formula is C11H16N4O4. The van der Waals surface area contributed by atoms with Gasteiger partial charge in [0, 0.05) is 12.6 Å². The van der Waals surface area contributed by atoms with Gasteiger partial charge in [0.15, 0.2) is 0 Å². The molecule has 1 fully saturated rings. The number of rotatable bonds is 7. The molecular weight excluding hydrogens is 252 g/mol. The summed E-state index contributed by atoms with van der Waals surface area (Å²) in [5.41, 5.74) is 4.93. The van der Waals surface area contributed by atoms with Gasteiger partial charge in [-0.2, -0.15) is 5.26 Å². The molecule has 0 aromatic carbocycles. The maximum Gasteiger partial charge on any atom is 0.326 e. The van der Waals surface area contributed by atoms with Gasteiger partial charge < -0.3 is 21.1 Å². The Kier molecular flexibility index (Phi) is 5.11. The Morgan fingerprint density at radius 2 is 2.11 bits per heavy atom. The SMILES string of the molecule is N#CCCN(C(=O)N[C@@H](CC(N)=O)C(=O)O)C1CC1. The fraction of sp³-hybridized carbons (Fsp3) is 0.636. The summed E-state index contributed by atoms with van der Waals surface area (Å²) in [6, 6.07) is 0.0672. The number of hydrogen-bond donors (Lipinski definition) is 3. The molecule has 0 saturated heterocycles. The Bertz CT molecular complexity index is 413. The van der Waals surface area contributed by atoms with Crippen LogP contribution in [-0.4, -0.2) is 46.5 Å². The fourth-order valence-electron chi connectivity index (χ4n) is 1.64. The maximum absolute atomic E-state index is 11.9. The van der Waals surface area contributed by atoms with E-state index in [1.54, 1.807) is 0 Å². The number of nitriles is 1. The van der Waals surface area contributed by atoms with Crippen molar-refractivity contribution >= 4 is 17.9 Å². The molecule has 0 bridgehead atoms. The van der Waals surface area contributed by atoms with Crippen LogP contribution in [0.25, 0.3) is 0 Å². The molecule has 3 amide bonds. The number of carboxylic acids is 1. The molecule has 0 radical (unpaired) electrons. The van der Waals surface area contributed by atoms with Crippen LogP contribution in [0.15, 0.2) is 0 Å². The van der Waals surface area contributed by atoms with Gasteiger partial charge in [-0.15, -0.1) is 0 Å². The predicted octanol–water partition coefficient (Wildman–Crippen LogP) is -0.597. The number of primary amides is 1. The first kappa shape index (κ1) is 14.8. The maximum atomic E-state index is 11.9. The first-order valence-corrected chi connectivity index (χ1v) is 5.91. The zero-order valence-corrected chi connectivity index (χ0v) is 10.3. The third-order valence-corrected chi connectivity index (χ3v) is 2.71. The molecule has 1 rings (SSSR count). The molecule has 8 nitrogen and oxygen atoms in total. The Balaban J connectivity index is 2.60. The third-order valence-electron chi connectivity index (χ3n) is 2.71. The molecule has 0 aliphatic heterocycles. The van der Waals surface area contributed by atoms with Crippen molar-refractivity contribution in [1.29, 1.82) is 5.26 Å². The van der Waals surface area contributed by atoms with Crippen LogP contribution < -0.4 is 11.1 Å². The first-order chi connectivity index (χ1) is 8.95. The lowest BCUT2D eigenvalue weighted by Crippen LogP contribution is -2.50. The van der Waals surface area contributed by atoms with Crippen molar-refractivity contribution in [2.75, 3.05) is 6.54 Å². The minimum Gasteiger partial charge on any atom is -0.480 e. The molecule has 0 aromatic rings. The number of carbonyl (C=O) groups is 3. The number of carbonyl (C=O) groups excluding carboxylic acids is 2. The lowest BCUT2D eigenvalue weighted by Gasteiger charge is -2.23. The molecule has 0 heterocycles. The first-order valence-electron chi connectivity index (χ1n) is 5.91. The highest BCUT2D eigenvalue weighted by molar-refractivity contribution is 5.87. The summed E-state index contributed by atoms with van der Waals surface area (Å²) in [4.78, 5) is 35.0. The van der Waals surface area contributed by atoms with Gasteiger partial charge in [0.2, 0.25) is 5.91 Å². The Morgan fingerprint density at radius 3 is 2.53 bits per heavy atom. The second-order valence-corrected chi connectivity index (χ2v) is 4.34. The highest BCUT2D eigenvalue weighted by atomic mass is 16.4. The van der Waals surface area contributed by atoms with E-state index in [1.165, 1.54) is 4.90 Å². The van der Waals surface area contributed by atoms with E-state index in [-0.39, 0.29) is 19.0 Å². The smallest absolute Gasteiger partial charge is 0.326 e. The van der Waals surface area contributed by atoms with E-state index in [0.29, 0.717) is 0 Å². The zero-order chi connectivity index (χ0) is 14.4. The van der Waals surface area contributed by atoms with Crippen molar-refractivity contribution < 1.29 is 19.5 Å². The summed E-state index contributed by atoms with van der Waals surface area (Å²) in [5.74, 6) is -2.12. The second kappa shape index (κ2) is 6.58. The number of nitrogens with two attached hydrogens (primary N) is 1. The number of urea groups is 1. The Labute approximate surface area is 110 Å². The summed E-state index contributed by atoms with van der Waals surface area (Å²) >= 11 is 0. The van der Waals surface area contributed by atoms with Crippen molar-refractivity contribution in [3.05, 3.63) is 0 Å². The van der Waals surface area contributed by atoms with Crippen LogP contribution in [0.5, 0.6) is 0 Å². The molecule has 104 valence electrons. The van der Waals surface area contributed by atoms with Crippen LogP contribution in [0.2, 0.25) is 0 Å². The van der Waals surface area contributed by atoms with E-state index in [1.807, 2.05) is 6.07 Å².